The molecule has 1 amide bonds. The maximum atomic E-state index is 12.0. The number of carbonyl (C=O) groups is 1. The van der Waals surface area contributed by atoms with Crippen molar-refractivity contribution in [2.75, 3.05) is 50.5 Å². The molecule has 1 aromatic heterocycles. The number of piperazine rings is 1. The summed E-state index contributed by atoms with van der Waals surface area (Å²) in [6.45, 7) is 5.39. The normalized spacial score (nSPS) is 17.5. The van der Waals surface area contributed by atoms with E-state index in [1.165, 1.54) is 35.2 Å². The number of rotatable bonds is 6. The molecule has 0 radical (unpaired) electrons. The molecule has 1 N–H and O–H groups in total. The molecule has 6 heteroatoms. The largest absolute Gasteiger partial charge is 0.383 e. The molecule has 4 rings (SSSR count). The van der Waals surface area contributed by atoms with Crippen LogP contribution in [-0.2, 0) is 17.6 Å². The molecule has 28 heavy (non-hydrogen) atoms. The van der Waals surface area contributed by atoms with Crippen LogP contribution in [0.1, 0.15) is 30.5 Å². The summed E-state index contributed by atoms with van der Waals surface area (Å²) in [6.07, 6.45) is 5.15. The highest BCUT2D eigenvalue weighted by Crippen LogP contribution is 2.33. The second-order valence-corrected chi connectivity index (χ2v) is 8.10. The van der Waals surface area contributed by atoms with E-state index in [9.17, 15) is 4.79 Å². The zero-order valence-corrected chi connectivity index (χ0v) is 17.2. The van der Waals surface area contributed by atoms with Gasteiger partial charge in [0.2, 0.25) is 5.91 Å². The standard InChI is InChI=1S/C22H29ClN4O/c23-10-9-21(28)27-15-13-26(14-16-27)12-11-24-22-17-5-1-3-7-19(17)25-20-8-4-2-6-18(20)22/h1,3,5,7H,2,4,6,8-16H2,(H,24,25). The van der Waals surface area contributed by atoms with Gasteiger partial charge in [-0.1, -0.05) is 18.2 Å². The van der Waals surface area contributed by atoms with Crippen molar-refractivity contribution >= 4 is 34.1 Å². The van der Waals surface area contributed by atoms with Crippen molar-refractivity contribution in [2.45, 2.75) is 32.1 Å². The molecule has 2 heterocycles. The lowest BCUT2D eigenvalue weighted by molar-refractivity contribution is -0.132. The number of para-hydroxylation sites is 1. The highest BCUT2D eigenvalue weighted by molar-refractivity contribution is 6.18. The Hall–Kier alpha value is -1.85. The molecule has 2 aromatic rings. The summed E-state index contributed by atoms with van der Waals surface area (Å²) in [5.74, 6) is 0.593. The highest BCUT2D eigenvalue weighted by Gasteiger charge is 2.21. The SMILES string of the molecule is O=C(CCCl)N1CCN(CCNc2c3c(nc4ccccc24)CCCC3)CC1. The van der Waals surface area contributed by atoms with Gasteiger partial charge >= 0.3 is 0 Å². The predicted molar refractivity (Wildman–Crippen MR) is 115 cm³/mol. The summed E-state index contributed by atoms with van der Waals surface area (Å²) in [5.41, 5.74) is 5.08. The first-order valence-corrected chi connectivity index (χ1v) is 11.0. The quantitative estimate of drug-likeness (QED) is 0.756. The van der Waals surface area contributed by atoms with Crippen LogP contribution in [0.2, 0.25) is 0 Å². The predicted octanol–water partition coefficient (Wildman–Crippen LogP) is 3.30. The van der Waals surface area contributed by atoms with Crippen LogP contribution in [0.3, 0.4) is 0 Å². The number of carbonyl (C=O) groups excluding carboxylic acids is 1. The third-order valence-corrected chi connectivity index (χ3v) is 6.12. The van der Waals surface area contributed by atoms with Crippen LogP contribution in [0, 0.1) is 0 Å². The summed E-state index contributed by atoms with van der Waals surface area (Å²) in [4.78, 5) is 21.3. The van der Waals surface area contributed by atoms with Gasteiger partial charge in [0.25, 0.3) is 0 Å². The van der Waals surface area contributed by atoms with Crippen LogP contribution in [0.25, 0.3) is 10.9 Å². The molecular weight excluding hydrogens is 372 g/mol. The lowest BCUT2D eigenvalue weighted by atomic mass is 9.92. The van der Waals surface area contributed by atoms with Crippen LogP contribution in [0.15, 0.2) is 24.3 Å². The van der Waals surface area contributed by atoms with E-state index in [0.717, 1.165) is 57.6 Å². The fraction of sp³-hybridized carbons (Fsp3) is 0.545. The highest BCUT2D eigenvalue weighted by atomic mass is 35.5. The van der Waals surface area contributed by atoms with E-state index >= 15 is 0 Å². The third-order valence-electron chi connectivity index (χ3n) is 5.93. The van der Waals surface area contributed by atoms with Crippen molar-refractivity contribution in [2.24, 2.45) is 0 Å². The average molecular weight is 401 g/mol. The molecule has 0 unspecified atom stereocenters. The Bertz CT molecular complexity index is 833. The van der Waals surface area contributed by atoms with Crippen molar-refractivity contribution in [3.05, 3.63) is 35.5 Å². The first-order valence-electron chi connectivity index (χ1n) is 10.5. The molecule has 0 atom stereocenters. The van der Waals surface area contributed by atoms with Gasteiger partial charge in [0, 0.05) is 68.3 Å². The molecule has 0 spiro atoms. The van der Waals surface area contributed by atoms with Crippen molar-refractivity contribution in [3.63, 3.8) is 0 Å². The van der Waals surface area contributed by atoms with Crippen molar-refractivity contribution in [1.29, 1.82) is 0 Å². The van der Waals surface area contributed by atoms with Crippen LogP contribution < -0.4 is 5.32 Å². The van der Waals surface area contributed by atoms with Crippen LogP contribution in [0.4, 0.5) is 5.69 Å². The van der Waals surface area contributed by atoms with Gasteiger partial charge in [0.05, 0.1) is 5.52 Å². The van der Waals surface area contributed by atoms with Crippen molar-refractivity contribution in [3.8, 4) is 0 Å². The van der Waals surface area contributed by atoms with Gasteiger partial charge in [0.15, 0.2) is 0 Å². The van der Waals surface area contributed by atoms with E-state index in [-0.39, 0.29) is 5.91 Å². The number of halogens is 1. The van der Waals surface area contributed by atoms with E-state index in [1.807, 2.05) is 4.90 Å². The average Bonchev–Trinajstić information content (AvgIpc) is 2.74. The molecule has 1 fully saturated rings. The fourth-order valence-electron chi connectivity index (χ4n) is 4.37. The Morgan fingerprint density at radius 2 is 1.89 bits per heavy atom. The number of alkyl halides is 1. The first kappa shape index (κ1) is 19.5. The molecule has 150 valence electrons. The van der Waals surface area contributed by atoms with Crippen molar-refractivity contribution < 1.29 is 4.79 Å². The zero-order valence-electron chi connectivity index (χ0n) is 16.4. The number of pyridine rings is 1. The molecule has 0 bridgehead atoms. The number of hydrogen-bond donors (Lipinski definition) is 1. The fourth-order valence-corrected chi connectivity index (χ4v) is 4.53. The summed E-state index contributed by atoms with van der Waals surface area (Å²) >= 11 is 5.69. The number of nitrogens with zero attached hydrogens (tertiary/aromatic N) is 3. The number of fused-ring (bicyclic) bond motifs is 2. The van der Waals surface area contributed by atoms with E-state index in [2.05, 4.69) is 34.5 Å². The molecule has 2 aliphatic rings. The first-order chi connectivity index (χ1) is 13.8. The summed E-state index contributed by atoms with van der Waals surface area (Å²) in [7, 11) is 0. The van der Waals surface area contributed by atoms with Gasteiger partial charge in [-0.3, -0.25) is 14.7 Å². The van der Waals surface area contributed by atoms with Crippen LogP contribution in [0.5, 0.6) is 0 Å². The Morgan fingerprint density at radius 1 is 1.11 bits per heavy atom. The van der Waals surface area contributed by atoms with Crippen LogP contribution >= 0.6 is 11.6 Å². The maximum absolute atomic E-state index is 12.0. The second kappa shape index (κ2) is 9.10. The van der Waals surface area contributed by atoms with Gasteiger partial charge in [-0.15, -0.1) is 11.6 Å². The monoisotopic (exact) mass is 400 g/mol. The minimum Gasteiger partial charge on any atom is -0.383 e. The molecule has 1 aromatic carbocycles. The molecule has 0 saturated carbocycles. The zero-order chi connectivity index (χ0) is 19.3. The van der Waals surface area contributed by atoms with E-state index in [0.29, 0.717) is 12.3 Å². The Labute approximate surface area is 172 Å². The number of amides is 1. The minimum absolute atomic E-state index is 0.183. The molecular formula is C22H29ClN4O. The lowest BCUT2D eigenvalue weighted by Crippen LogP contribution is -2.49. The smallest absolute Gasteiger partial charge is 0.223 e. The van der Waals surface area contributed by atoms with Gasteiger partial charge in [0.1, 0.15) is 0 Å². The molecule has 1 saturated heterocycles. The maximum Gasteiger partial charge on any atom is 0.223 e. The number of benzene rings is 1. The number of anilines is 1. The number of hydrogen-bond acceptors (Lipinski definition) is 4. The number of nitrogens with one attached hydrogen (secondary N) is 1. The number of aromatic nitrogens is 1. The number of aryl methyl sites for hydroxylation is 1. The van der Waals surface area contributed by atoms with E-state index < -0.39 is 0 Å². The topological polar surface area (TPSA) is 48.5 Å². The minimum atomic E-state index is 0.183. The van der Waals surface area contributed by atoms with Gasteiger partial charge in [-0.25, -0.2) is 0 Å². The van der Waals surface area contributed by atoms with Gasteiger partial charge < -0.3 is 10.2 Å². The summed E-state index contributed by atoms with van der Waals surface area (Å²) in [5, 5.41) is 4.97. The van der Waals surface area contributed by atoms with Crippen molar-refractivity contribution in [1.82, 2.24) is 14.8 Å². The molecule has 5 nitrogen and oxygen atoms in total. The Morgan fingerprint density at radius 3 is 2.71 bits per heavy atom. The van der Waals surface area contributed by atoms with Gasteiger partial charge in [-0.05, 0) is 37.3 Å². The van der Waals surface area contributed by atoms with E-state index in [1.54, 1.807) is 0 Å². The van der Waals surface area contributed by atoms with Crippen LogP contribution in [-0.4, -0.2) is 65.8 Å². The second-order valence-electron chi connectivity index (χ2n) is 7.72. The van der Waals surface area contributed by atoms with Gasteiger partial charge in [-0.2, -0.15) is 0 Å². The van der Waals surface area contributed by atoms with E-state index in [4.69, 9.17) is 16.6 Å². The third kappa shape index (κ3) is 4.26. The Balaban J connectivity index is 1.38. The Kier molecular flexibility index (Phi) is 6.33. The lowest BCUT2D eigenvalue weighted by Gasteiger charge is -2.35. The summed E-state index contributed by atoms with van der Waals surface area (Å²) in [6, 6.07) is 8.47. The molecule has 1 aliphatic carbocycles. The molecule has 1 aliphatic heterocycles. The summed E-state index contributed by atoms with van der Waals surface area (Å²) < 4.78 is 0.